The maximum atomic E-state index is 13.5. The molecule has 134 valence electrons. The van der Waals surface area contributed by atoms with Gasteiger partial charge in [0.25, 0.3) is 5.91 Å². The number of amides is 1. The molecule has 1 amide bonds. The lowest BCUT2D eigenvalue weighted by atomic mass is 10.2. The molecule has 0 aliphatic carbocycles. The highest BCUT2D eigenvalue weighted by atomic mass is 35.5. The molecular formula is C19H11ClFN3OS2. The van der Waals surface area contributed by atoms with Crippen LogP contribution in [0, 0.1) is 5.82 Å². The molecule has 0 aliphatic rings. The van der Waals surface area contributed by atoms with E-state index in [0.717, 1.165) is 5.56 Å². The molecule has 0 unspecified atom stereocenters. The molecule has 2 aromatic carbocycles. The summed E-state index contributed by atoms with van der Waals surface area (Å²) in [6.07, 6.45) is 1.58. The van der Waals surface area contributed by atoms with Crippen LogP contribution >= 0.6 is 34.3 Å². The van der Waals surface area contributed by atoms with Gasteiger partial charge in [-0.15, -0.1) is 11.3 Å². The van der Waals surface area contributed by atoms with E-state index in [2.05, 4.69) is 10.1 Å². The average Bonchev–Trinajstić information content (AvgIpc) is 3.28. The number of carbonyl (C=O) groups is 1. The highest BCUT2D eigenvalue weighted by molar-refractivity contribution is 7.22. The van der Waals surface area contributed by atoms with Crippen LogP contribution in [-0.4, -0.2) is 17.1 Å². The maximum absolute atomic E-state index is 13.5. The van der Waals surface area contributed by atoms with Gasteiger partial charge in [0.05, 0.1) is 25.6 Å². The summed E-state index contributed by atoms with van der Waals surface area (Å²) in [5.74, 6) is -0.702. The lowest BCUT2D eigenvalue weighted by molar-refractivity contribution is 0.0991. The fraction of sp³-hybridized carbons (Fsp3) is 0. The van der Waals surface area contributed by atoms with Crippen LogP contribution < -0.4 is 5.01 Å². The quantitative estimate of drug-likeness (QED) is 0.311. The Balaban J connectivity index is 1.76. The van der Waals surface area contributed by atoms with E-state index in [1.165, 1.54) is 39.8 Å². The molecule has 0 atom stereocenters. The summed E-state index contributed by atoms with van der Waals surface area (Å²) < 4.78 is 14.6. The lowest BCUT2D eigenvalue weighted by Gasteiger charge is -2.12. The molecule has 2 heterocycles. The Kier molecular flexibility index (Phi) is 4.98. The molecule has 0 saturated carbocycles. The van der Waals surface area contributed by atoms with Crippen molar-refractivity contribution < 1.29 is 9.18 Å². The second-order valence-electron chi connectivity index (χ2n) is 5.48. The summed E-state index contributed by atoms with van der Waals surface area (Å²) in [5.41, 5.74) is 1.44. The smallest absolute Gasteiger partial charge is 0.266 e. The first-order valence-corrected chi connectivity index (χ1v) is 9.86. The van der Waals surface area contributed by atoms with Crippen molar-refractivity contribution in [2.75, 3.05) is 5.01 Å². The number of thiazole rings is 1. The molecular weight excluding hydrogens is 405 g/mol. The molecule has 27 heavy (non-hydrogen) atoms. The second-order valence-corrected chi connectivity index (χ2v) is 8.21. The summed E-state index contributed by atoms with van der Waals surface area (Å²) in [6, 6.07) is 17.0. The van der Waals surface area contributed by atoms with Gasteiger partial charge in [0.1, 0.15) is 5.82 Å². The predicted octanol–water partition coefficient (Wildman–Crippen LogP) is 5.83. The van der Waals surface area contributed by atoms with Crippen molar-refractivity contribution in [3.8, 4) is 0 Å². The van der Waals surface area contributed by atoms with Crippen molar-refractivity contribution in [3.05, 3.63) is 81.3 Å². The van der Waals surface area contributed by atoms with Gasteiger partial charge in [0, 0.05) is 0 Å². The zero-order valence-electron chi connectivity index (χ0n) is 13.7. The van der Waals surface area contributed by atoms with Crippen molar-refractivity contribution in [1.29, 1.82) is 0 Å². The second kappa shape index (κ2) is 7.56. The van der Waals surface area contributed by atoms with Crippen LogP contribution in [0.3, 0.4) is 0 Å². The fourth-order valence-corrected chi connectivity index (χ4v) is 4.28. The van der Waals surface area contributed by atoms with E-state index >= 15 is 0 Å². The van der Waals surface area contributed by atoms with Crippen molar-refractivity contribution in [1.82, 2.24) is 4.98 Å². The van der Waals surface area contributed by atoms with Crippen molar-refractivity contribution in [2.24, 2.45) is 5.10 Å². The van der Waals surface area contributed by atoms with E-state index in [9.17, 15) is 9.18 Å². The Morgan fingerprint density at radius 2 is 1.93 bits per heavy atom. The summed E-state index contributed by atoms with van der Waals surface area (Å²) in [5, 5.41) is 5.92. The topological polar surface area (TPSA) is 45.6 Å². The van der Waals surface area contributed by atoms with Crippen molar-refractivity contribution in [2.45, 2.75) is 0 Å². The van der Waals surface area contributed by atoms with Gasteiger partial charge in [0.15, 0.2) is 0 Å². The van der Waals surface area contributed by atoms with Crippen molar-refractivity contribution in [3.63, 3.8) is 0 Å². The lowest BCUT2D eigenvalue weighted by Crippen LogP contribution is -2.24. The third-order valence-corrected chi connectivity index (χ3v) is 5.83. The largest absolute Gasteiger partial charge is 0.290 e. The van der Waals surface area contributed by atoms with Crippen LogP contribution in [-0.2, 0) is 0 Å². The maximum Gasteiger partial charge on any atom is 0.290 e. The number of halogens is 2. The van der Waals surface area contributed by atoms with Gasteiger partial charge in [0.2, 0.25) is 5.13 Å². The molecule has 4 nitrogen and oxygen atoms in total. The zero-order chi connectivity index (χ0) is 18.8. The Hall–Kier alpha value is -2.61. The van der Waals surface area contributed by atoms with E-state index < -0.39 is 0 Å². The highest BCUT2D eigenvalue weighted by Gasteiger charge is 2.22. The number of aromatic nitrogens is 1. The third kappa shape index (κ3) is 3.90. The molecule has 4 rings (SSSR count). The van der Waals surface area contributed by atoms with Crippen LogP contribution in [0.25, 0.3) is 10.2 Å². The van der Waals surface area contributed by atoms with Gasteiger partial charge in [-0.3, -0.25) is 4.79 Å². The minimum absolute atomic E-state index is 0.349. The Bertz CT molecular complexity index is 1140. The molecule has 0 radical (unpaired) electrons. The van der Waals surface area contributed by atoms with E-state index in [1.807, 2.05) is 30.3 Å². The summed E-state index contributed by atoms with van der Waals surface area (Å²) >= 11 is 8.33. The van der Waals surface area contributed by atoms with Gasteiger partial charge < -0.3 is 0 Å². The van der Waals surface area contributed by atoms with Gasteiger partial charge in [-0.05, 0) is 35.9 Å². The van der Waals surface area contributed by atoms with Gasteiger partial charge in [-0.25, -0.2) is 9.37 Å². The molecule has 0 fully saturated rings. The first-order valence-electron chi connectivity index (χ1n) is 7.85. The molecule has 0 N–H and O–H groups in total. The van der Waals surface area contributed by atoms with E-state index in [1.54, 1.807) is 24.4 Å². The number of hydrazone groups is 1. The molecule has 2 aromatic heterocycles. The number of benzene rings is 2. The standard InChI is InChI=1S/C19H11ClFN3OS2/c20-17-9-8-15(26-17)18(25)24(22-11-12-4-2-1-3-5-12)19-23-14-7-6-13(21)10-16(14)27-19/h1-11H/b22-11+. The van der Waals surface area contributed by atoms with Crippen molar-refractivity contribution >= 4 is 61.7 Å². The molecule has 0 spiro atoms. The van der Waals surface area contributed by atoms with Gasteiger partial charge in [-0.1, -0.05) is 53.3 Å². The Morgan fingerprint density at radius 1 is 1.11 bits per heavy atom. The number of hydrogen-bond acceptors (Lipinski definition) is 5. The Morgan fingerprint density at radius 3 is 2.67 bits per heavy atom. The average molecular weight is 416 g/mol. The Labute approximate surface area is 167 Å². The first-order chi connectivity index (χ1) is 13.1. The van der Waals surface area contributed by atoms with Crippen LogP contribution in [0.1, 0.15) is 15.2 Å². The number of rotatable bonds is 4. The highest BCUT2D eigenvalue weighted by Crippen LogP contribution is 2.32. The van der Waals surface area contributed by atoms with E-state index in [-0.39, 0.29) is 11.7 Å². The van der Waals surface area contributed by atoms with Crippen LogP contribution in [0.5, 0.6) is 0 Å². The monoisotopic (exact) mass is 415 g/mol. The molecule has 0 bridgehead atoms. The number of fused-ring (bicyclic) bond motifs is 1. The molecule has 0 saturated heterocycles. The molecule has 4 aromatic rings. The number of nitrogens with zero attached hydrogens (tertiary/aromatic N) is 3. The minimum Gasteiger partial charge on any atom is -0.266 e. The predicted molar refractivity (Wildman–Crippen MR) is 110 cm³/mol. The minimum atomic E-state index is -0.353. The number of thiophene rings is 1. The number of hydrogen-bond donors (Lipinski definition) is 0. The summed E-state index contributed by atoms with van der Waals surface area (Å²) in [4.78, 5) is 17.9. The van der Waals surface area contributed by atoms with E-state index in [0.29, 0.717) is 24.6 Å². The van der Waals surface area contributed by atoms with Gasteiger partial charge >= 0.3 is 0 Å². The first kappa shape index (κ1) is 17.8. The molecule has 0 aliphatic heterocycles. The fourth-order valence-electron chi connectivity index (χ4n) is 2.36. The number of anilines is 1. The van der Waals surface area contributed by atoms with Crippen LogP contribution in [0.2, 0.25) is 4.34 Å². The van der Waals surface area contributed by atoms with Crippen LogP contribution in [0.15, 0.2) is 65.8 Å². The zero-order valence-corrected chi connectivity index (χ0v) is 16.1. The third-order valence-electron chi connectivity index (χ3n) is 3.62. The van der Waals surface area contributed by atoms with Gasteiger partial charge in [-0.2, -0.15) is 10.1 Å². The SMILES string of the molecule is O=C(c1ccc(Cl)s1)N(/N=C/c1ccccc1)c1nc2ccc(F)cc2s1. The normalized spacial score (nSPS) is 11.3. The van der Waals surface area contributed by atoms with Crippen LogP contribution in [0.4, 0.5) is 9.52 Å². The summed E-state index contributed by atoms with van der Waals surface area (Å²) in [6.45, 7) is 0. The van der Waals surface area contributed by atoms with E-state index in [4.69, 9.17) is 11.6 Å². The summed E-state index contributed by atoms with van der Waals surface area (Å²) in [7, 11) is 0. The molecule has 8 heteroatoms. The number of carbonyl (C=O) groups excluding carboxylic acids is 1.